The highest BCUT2D eigenvalue weighted by Crippen LogP contribution is 2.35. The molecule has 0 saturated heterocycles. The Morgan fingerprint density at radius 2 is 0.418 bits per heavy atom. The zero-order valence-electron chi connectivity index (χ0n) is 68.1. The Labute approximate surface area is 602 Å². The summed E-state index contributed by atoms with van der Waals surface area (Å²) in [7, 11) is 0. The Morgan fingerprint density at radius 3 is 0.622 bits per heavy atom. The van der Waals surface area contributed by atoms with Gasteiger partial charge in [0.25, 0.3) is 0 Å². The molecule has 5 aromatic carbocycles. The van der Waals surface area contributed by atoms with Gasteiger partial charge in [0.05, 0.1) is 52.9 Å². The average molecular weight is 1360 g/mol. The molecule has 0 aliphatic rings. The molecule has 0 heterocycles. The summed E-state index contributed by atoms with van der Waals surface area (Å²) >= 11 is 0. The van der Waals surface area contributed by atoms with Crippen molar-refractivity contribution >= 4 is 0 Å². The van der Waals surface area contributed by atoms with Crippen LogP contribution in [-0.4, -0.2) is 64.1 Å². The first-order valence-corrected chi connectivity index (χ1v) is 38.1. The van der Waals surface area contributed by atoms with Crippen LogP contribution in [0.4, 0.5) is 0 Å². The zero-order chi connectivity index (χ0) is 74.0. The topological polar surface area (TPSA) is 92.3 Å². The Morgan fingerprint density at radius 1 is 0.235 bits per heavy atom. The number of aryl methyl sites for hydroxylation is 10. The maximum Gasteiger partial charge on any atom is 0.123 e. The van der Waals surface area contributed by atoms with E-state index >= 15 is 0 Å². The highest BCUT2D eigenvalue weighted by molar-refractivity contribution is 5.49. The monoisotopic (exact) mass is 1360 g/mol. The van der Waals surface area contributed by atoms with E-state index in [1.165, 1.54) is 75.3 Å². The van der Waals surface area contributed by atoms with Gasteiger partial charge in [-0.1, -0.05) is 147 Å². The molecule has 5 aromatic rings. The molecule has 0 unspecified atom stereocenters. The van der Waals surface area contributed by atoms with E-state index in [-0.39, 0.29) is 11.2 Å². The normalized spacial score (nSPS) is 11.2. The van der Waals surface area contributed by atoms with Crippen LogP contribution >= 0.6 is 0 Å². The maximum atomic E-state index is 5.94. The molecule has 0 N–H and O–H groups in total. The van der Waals surface area contributed by atoms with E-state index in [1.807, 2.05) is 0 Å². The number of hydrogen-bond acceptors (Lipinski definition) is 10. The number of rotatable bonds is 38. The molecule has 0 fully saturated rings. The molecule has 5 rings (SSSR count). The summed E-state index contributed by atoms with van der Waals surface area (Å²) in [6.07, 6.45) is 19.3. The summed E-state index contributed by atoms with van der Waals surface area (Å²) in [5.74, 6) is 12.2. The molecule has 98 heavy (non-hydrogen) atoms. The first-order chi connectivity index (χ1) is 46.1. The van der Waals surface area contributed by atoms with Crippen molar-refractivity contribution in [1.82, 2.24) is 0 Å². The second kappa shape index (κ2) is 49.6. The number of unbranched alkanes of at least 4 members (excludes halogenated alkanes) is 10. The highest BCUT2D eigenvalue weighted by atomic mass is 16.5. The summed E-state index contributed by atoms with van der Waals surface area (Å²) in [5.41, 5.74) is 11.1. The van der Waals surface area contributed by atoms with E-state index in [9.17, 15) is 0 Å². The molecule has 558 valence electrons. The minimum atomic E-state index is -0.177. The Hall–Kier alpha value is -5.90. The van der Waals surface area contributed by atoms with Crippen LogP contribution in [0, 0.1) is 92.9 Å². The molecule has 10 nitrogen and oxygen atoms in total. The van der Waals surface area contributed by atoms with Crippen molar-refractivity contribution in [3.05, 3.63) is 116 Å². The zero-order valence-corrected chi connectivity index (χ0v) is 68.1. The number of ether oxygens (including phenoxy) is 10. The molecule has 0 bridgehead atoms. The third-order valence-corrected chi connectivity index (χ3v) is 15.8. The van der Waals surface area contributed by atoms with Crippen molar-refractivity contribution in [1.29, 1.82) is 0 Å². The van der Waals surface area contributed by atoms with Gasteiger partial charge >= 0.3 is 0 Å². The maximum absolute atomic E-state index is 5.94. The van der Waals surface area contributed by atoms with Gasteiger partial charge in [-0.15, -0.1) is 0 Å². The van der Waals surface area contributed by atoms with Crippen LogP contribution in [0.1, 0.15) is 283 Å². The summed E-state index contributed by atoms with van der Waals surface area (Å²) in [5, 5.41) is 0. The predicted molar refractivity (Wildman–Crippen MR) is 420 cm³/mol. The summed E-state index contributed by atoms with van der Waals surface area (Å²) < 4.78 is 58.8. The fourth-order valence-corrected chi connectivity index (χ4v) is 9.75. The molecule has 0 aliphatic carbocycles. The molecular formula is C88H146O10. The minimum Gasteiger partial charge on any atom is -0.493 e. The van der Waals surface area contributed by atoms with Gasteiger partial charge < -0.3 is 47.4 Å². The first-order valence-electron chi connectivity index (χ1n) is 38.1. The summed E-state index contributed by atoms with van der Waals surface area (Å²) in [6.45, 7) is 65.8. The van der Waals surface area contributed by atoms with Crippen molar-refractivity contribution < 1.29 is 47.4 Å². The van der Waals surface area contributed by atoms with Gasteiger partial charge in [-0.2, -0.15) is 0 Å². The molecule has 0 amide bonds. The fraction of sp³-hybridized carbons (Fsp3) is 0.659. The molecule has 0 radical (unpaired) electrons. The highest BCUT2D eigenvalue weighted by Gasteiger charge is 2.19. The SMILES string of the molecule is CCCCCCOc1cc(C)c(OCCCCCC)cc1C.CCCCCOc1cc(C)c(OCCCCC)cc1C.Cc1cc(OC(C)(C)C)c(C)cc1OC(C)(C)C.Cc1cc(OCC(C)C)c(C)cc1OCC(C)C.Cc1cc(OCCC(C)C)c(C)cc1OCCC(C)C. The van der Waals surface area contributed by atoms with Gasteiger partial charge in [-0.25, -0.2) is 0 Å². The van der Waals surface area contributed by atoms with Crippen molar-refractivity contribution in [3.63, 3.8) is 0 Å². The van der Waals surface area contributed by atoms with Crippen molar-refractivity contribution in [2.24, 2.45) is 23.7 Å². The van der Waals surface area contributed by atoms with Gasteiger partial charge in [0.1, 0.15) is 68.7 Å². The quantitative estimate of drug-likeness (QED) is 0.0356. The van der Waals surface area contributed by atoms with Crippen molar-refractivity contribution in [2.45, 2.75) is 308 Å². The second-order valence-electron chi connectivity index (χ2n) is 30.7. The molecule has 0 atom stereocenters. The van der Waals surface area contributed by atoms with Gasteiger partial charge in [-0.05, 0) is 289 Å². The number of benzene rings is 5. The van der Waals surface area contributed by atoms with Crippen LogP contribution in [0.3, 0.4) is 0 Å². The van der Waals surface area contributed by atoms with E-state index in [1.54, 1.807) is 0 Å². The van der Waals surface area contributed by atoms with Gasteiger partial charge in [0, 0.05) is 0 Å². The Kier molecular flexibility index (Phi) is 45.6. The largest absolute Gasteiger partial charge is 0.493 e. The van der Waals surface area contributed by atoms with Crippen LogP contribution < -0.4 is 47.4 Å². The van der Waals surface area contributed by atoms with Crippen LogP contribution in [0.15, 0.2) is 60.7 Å². The Bertz CT molecular complexity index is 2720. The smallest absolute Gasteiger partial charge is 0.123 e. The van der Waals surface area contributed by atoms with E-state index in [0.29, 0.717) is 23.7 Å². The van der Waals surface area contributed by atoms with Gasteiger partial charge in [0.15, 0.2) is 0 Å². The lowest BCUT2D eigenvalue weighted by atomic mass is 10.1. The molecular weight excluding hydrogens is 1220 g/mol. The van der Waals surface area contributed by atoms with E-state index in [0.717, 1.165) is 193 Å². The van der Waals surface area contributed by atoms with Crippen LogP contribution in [-0.2, 0) is 0 Å². The Balaban J connectivity index is 0.000000614. The van der Waals surface area contributed by atoms with Crippen LogP contribution in [0.25, 0.3) is 0 Å². The third kappa shape index (κ3) is 41.0. The molecule has 0 spiro atoms. The standard InChI is InChI=1S/C20H34O2.2C18H30O2.2C16H26O2/c1-5-7-9-11-13-21-19-15-18(4)20(16-17(19)3)22-14-12-10-8-6-2;1-13(2)7-9-19-17-11-16(6)18(12-15(17)5)20-10-8-14(3)4;1-5-7-9-11-19-17-13-16(4)18(14-15(17)3)20-12-10-8-6-2;1-11-9-14(18-16(6,7)8)12(2)10-13(11)17-15(3,4)5;1-11(2)9-17-15-7-14(6)16(8-13(15)5)18-10-12(3)4/h15-16H,5-14H2,1-4H3;11-14H,7-10H2,1-6H3;13-14H,5-12H2,1-4H3;9-10H,1-8H3;7-8,11-12H,9-10H2,1-6H3. The van der Waals surface area contributed by atoms with Crippen molar-refractivity contribution in [3.8, 4) is 57.5 Å². The lowest BCUT2D eigenvalue weighted by Crippen LogP contribution is -2.25. The number of hydrogen-bond donors (Lipinski definition) is 0. The van der Waals surface area contributed by atoms with E-state index < -0.39 is 0 Å². The van der Waals surface area contributed by atoms with E-state index in [2.05, 4.69) is 255 Å². The third-order valence-electron chi connectivity index (χ3n) is 15.8. The predicted octanol–water partition coefficient (Wildman–Crippen LogP) is 25.8. The molecule has 0 aliphatic heterocycles. The van der Waals surface area contributed by atoms with Gasteiger partial charge in [-0.3, -0.25) is 0 Å². The fourth-order valence-electron chi connectivity index (χ4n) is 9.75. The molecule has 0 aromatic heterocycles. The van der Waals surface area contributed by atoms with Crippen LogP contribution in [0.2, 0.25) is 0 Å². The minimum absolute atomic E-state index is 0.177. The summed E-state index contributed by atoms with van der Waals surface area (Å²) in [4.78, 5) is 0. The van der Waals surface area contributed by atoms with Gasteiger partial charge in [0.2, 0.25) is 0 Å². The average Bonchev–Trinajstić information content (AvgIpc) is 0.854. The molecule has 0 saturated carbocycles. The van der Waals surface area contributed by atoms with Crippen LogP contribution in [0.5, 0.6) is 57.5 Å². The lowest BCUT2D eigenvalue weighted by molar-refractivity contribution is 0.123. The summed E-state index contributed by atoms with van der Waals surface area (Å²) in [6, 6.07) is 20.9. The van der Waals surface area contributed by atoms with E-state index in [4.69, 9.17) is 47.4 Å². The second-order valence-corrected chi connectivity index (χ2v) is 30.7. The molecule has 10 heteroatoms. The van der Waals surface area contributed by atoms with Crippen molar-refractivity contribution in [2.75, 3.05) is 52.9 Å². The lowest BCUT2D eigenvalue weighted by Gasteiger charge is -2.26. The first kappa shape index (κ1) is 90.1.